The van der Waals surface area contributed by atoms with Crippen molar-refractivity contribution >= 4 is 21.8 Å². The summed E-state index contributed by atoms with van der Waals surface area (Å²) in [5.41, 5.74) is 16.0. The molecule has 0 unspecified atom stereocenters. The van der Waals surface area contributed by atoms with Gasteiger partial charge in [0.05, 0.1) is 22.4 Å². The standard InChI is InChI=1S/C48H35N3/c1-32-14-9-10-19-39(32)40-29-26-37(30-33(40)2)41-21-13-23-46-47(41)42-20-11-12-22-45(42)51(46)38-27-24-35(25-28-38)44-31-43(34-15-5-3-6-16-34)49-48(50-44)36-17-7-4-8-18-36/h3-31H,1-2H3. The van der Waals surface area contributed by atoms with E-state index in [1.54, 1.807) is 0 Å². The highest BCUT2D eigenvalue weighted by Gasteiger charge is 2.17. The molecule has 0 N–H and O–H groups in total. The summed E-state index contributed by atoms with van der Waals surface area (Å²) in [6.45, 7) is 4.40. The van der Waals surface area contributed by atoms with Gasteiger partial charge < -0.3 is 4.57 Å². The summed E-state index contributed by atoms with van der Waals surface area (Å²) in [6.07, 6.45) is 0. The van der Waals surface area contributed by atoms with E-state index in [4.69, 9.17) is 9.97 Å². The molecule has 0 atom stereocenters. The van der Waals surface area contributed by atoms with Crippen LogP contribution in [-0.4, -0.2) is 14.5 Å². The quantitative estimate of drug-likeness (QED) is 0.179. The second-order valence-corrected chi connectivity index (χ2v) is 13.1. The van der Waals surface area contributed by atoms with Crippen molar-refractivity contribution in [3.05, 3.63) is 187 Å². The highest BCUT2D eigenvalue weighted by Crippen LogP contribution is 2.40. The second kappa shape index (κ2) is 12.7. The molecule has 0 fully saturated rings. The first-order valence-corrected chi connectivity index (χ1v) is 17.4. The van der Waals surface area contributed by atoms with E-state index in [1.807, 2.05) is 36.4 Å². The van der Waals surface area contributed by atoms with E-state index in [9.17, 15) is 0 Å². The van der Waals surface area contributed by atoms with Crippen molar-refractivity contribution in [3.63, 3.8) is 0 Å². The number of hydrogen-bond donors (Lipinski definition) is 0. The summed E-state index contributed by atoms with van der Waals surface area (Å²) in [7, 11) is 0. The smallest absolute Gasteiger partial charge is 0.160 e. The molecule has 3 nitrogen and oxygen atoms in total. The Labute approximate surface area is 298 Å². The lowest BCUT2D eigenvalue weighted by atomic mass is 9.92. The van der Waals surface area contributed by atoms with Crippen LogP contribution in [0.4, 0.5) is 0 Å². The monoisotopic (exact) mass is 653 g/mol. The highest BCUT2D eigenvalue weighted by molar-refractivity contribution is 6.15. The van der Waals surface area contributed by atoms with Crippen LogP contribution in [0.15, 0.2) is 176 Å². The van der Waals surface area contributed by atoms with Crippen molar-refractivity contribution in [2.24, 2.45) is 0 Å². The molecule has 0 saturated heterocycles. The van der Waals surface area contributed by atoms with Gasteiger partial charge in [-0.3, -0.25) is 0 Å². The summed E-state index contributed by atoms with van der Waals surface area (Å²) >= 11 is 0. The molecule has 0 amide bonds. The predicted octanol–water partition coefficient (Wildman–Crippen LogP) is 12.5. The Morgan fingerprint density at radius 1 is 0.392 bits per heavy atom. The van der Waals surface area contributed by atoms with Crippen LogP contribution in [0.2, 0.25) is 0 Å². The number of nitrogens with zero attached hydrogens (tertiary/aromatic N) is 3. The fourth-order valence-corrected chi connectivity index (χ4v) is 7.40. The normalized spacial score (nSPS) is 11.3. The second-order valence-electron chi connectivity index (χ2n) is 13.1. The molecule has 0 aliphatic heterocycles. The van der Waals surface area contributed by atoms with Gasteiger partial charge in [-0.05, 0) is 77.6 Å². The molecule has 0 aliphatic rings. The van der Waals surface area contributed by atoms with Gasteiger partial charge in [-0.1, -0.05) is 146 Å². The third-order valence-corrected chi connectivity index (χ3v) is 9.92. The van der Waals surface area contributed by atoms with Gasteiger partial charge in [0.1, 0.15) is 0 Å². The average molecular weight is 654 g/mol. The van der Waals surface area contributed by atoms with Crippen LogP contribution in [0.25, 0.3) is 83.6 Å². The van der Waals surface area contributed by atoms with E-state index >= 15 is 0 Å². The number of hydrogen-bond acceptors (Lipinski definition) is 2. The van der Waals surface area contributed by atoms with E-state index in [0.717, 1.165) is 33.8 Å². The third kappa shape index (κ3) is 5.50. The van der Waals surface area contributed by atoms with Gasteiger partial charge in [0.2, 0.25) is 0 Å². The van der Waals surface area contributed by atoms with Gasteiger partial charge in [0, 0.05) is 33.2 Å². The summed E-state index contributed by atoms with van der Waals surface area (Å²) in [4.78, 5) is 10.0. The summed E-state index contributed by atoms with van der Waals surface area (Å²) in [6, 6.07) is 62.3. The minimum absolute atomic E-state index is 0.716. The fraction of sp³-hybridized carbons (Fsp3) is 0.0417. The minimum Gasteiger partial charge on any atom is -0.309 e. The molecule has 3 heteroatoms. The molecule has 0 radical (unpaired) electrons. The number of para-hydroxylation sites is 1. The first kappa shape index (κ1) is 30.5. The first-order chi connectivity index (χ1) is 25.1. The van der Waals surface area contributed by atoms with E-state index in [0.29, 0.717) is 5.82 Å². The van der Waals surface area contributed by atoms with Crippen LogP contribution in [0.3, 0.4) is 0 Å². The summed E-state index contributed by atoms with van der Waals surface area (Å²) in [5, 5.41) is 2.50. The number of aromatic nitrogens is 3. The molecular weight excluding hydrogens is 619 g/mol. The van der Waals surface area contributed by atoms with Crippen molar-refractivity contribution in [2.45, 2.75) is 13.8 Å². The van der Waals surface area contributed by atoms with Gasteiger partial charge >= 0.3 is 0 Å². The molecule has 7 aromatic carbocycles. The molecule has 9 aromatic rings. The Kier molecular flexibility index (Phi) is 7.59. The molecule has 242 valence electrons. The molecule has 2 aromatic heterocycles. The van der Waals surface area contributed by atoms with E-state index in [1.165, 1.54) is 55.2 Å². The Morgan fingerprint density at radius 2 is 0.961 bits per heavy atom. The zero-order chi connectivity index (χ0) is 34.3. The first-order valence-electron chi connectivity index (χ1n) is 17.4. The van der Waals surface area contributed by atoms with Crippen LogP contribution in [0, 0.1) is 13.8 Å². The Morgan fingerprint density at radius 3 is 1.69 bits per heavy atom. The van der Waals surface area contributed by atoms with Gasteiger partial charge in [0.25, 0.3) is 0 Å². The van der Waals surface area contributed by atoms with Crippen LogP contribution < -0.4 is 0 Å². The topological polar surface area (TPSA) is 30.7 Å². The summed E-state index contributed by atoms with van der Waals surface area (Å²) < 4.78 is 2.39. The number of fused-ring (bicyclic) bond motifs is 3. The Balaban J connectivity index is 1.15. The molecule has 51 heavy (non-hydrogen) atoms. The Bertz CT molecular complexity index is 2630. The minimum atomic E-state index is 0.716. The predicted molar refractivity (Wildman–Crippen MR) is 213 cm³/mol. The fourth-order valence-electron chi connectivity index (χ4n) is 7.40. The van der Waals surface area contributed by atoms with E-state index in [2.05, 4.69) is 158 Å². The molecule has 0 aliphatic carbocycles. The molecule has 0 spiro atoms. The van der Waals surface area contributed by atoms with Crippen molar-refractivity contribution in [3.8, 4) is 61.8 Å². The number of benzene rings is 7. The van der Waals surface area contributed by atoms with Crippen molar-refractivity contribution in [2.75, 3.05) is 0 Å². The lowest BCUT2D eigenvalue weighted by Crippen LogP contribution is -1.97. The number of aryl methyl sites for hydroxylation is 2. The largest absolute Gasteiger partial charge is 0.309 e. The van der Waals surface area contributed by atoms with Crippen LogP contribution >= 0.6 is 0 Å². The van der Waals surface area contributed by atoms with Crippen molar-refractivity contribution in [1.29, 1.82) is 0 Å². The van der Waals surface area contributed by atoms with E-state index < -0.39 is 0 Å². The zero-order valence-electron chi connectivity index (χ0n) is 28.6. The van der Waals surface area contributed by atoms with Crippen LogP contribution in [0.1, 0.15) is 11.1 Å². The highest BCUT2D eigenvalue weighted by atomic mass is 15.0. The maximum atomic E-state index is 5.06. The SMILES string of the molecule is Cc1ccccc1-c1ccc(-c2cccc3c2c2ccccc2n3-c2ccc(-c3cc(-c4ccccc4)nc(-c4ccccc4)n3)cc2)cc1C. The molecular formula is C48H35N3. The lowest BCUT2D eigenvalue weighted by Gasteiger charge is -2.13. The molecule has 0 saturated carbocycles. The average Bonchev–Trinajstić information content (AvgIpc) is 3.53. The maximum Gasteiger partial charge on any atom is 0.160 e. The molecule has 9 rings (SSSR count). The maximum absolute atomic E-state index is 5.06. The molecule has 2 heterocycles. The van der Waals surface area contributed by atoms with Crippen LogP contribution in [-0.2, 0) is 0 Å². The summed E-state index contributed by atoms with van der Waals surface area (Å²) in [5.74, 6) is 0.716. The zero-order valence-corrected chi connectivity index (χ0v) is 28.6. The van der Waals surface area contributed by atoms with E-state index in [-0.39, 0.29) is 0 Å². The van der Waals surface area contributed by atoms with Gasteiger partial charge in [0.15, 0.2) is 5.82 Å². The molecule has 0 bridgehead atoms. The van der Waals surface area contributed by atoms with Crippen molar-refractivity contribution in [1.82, 2.24) is 14.5 Å². The van der Waals surface area contributed by atoms with Gasteiger partial charge in [-0.15, -0.1) is 0 Å². The van der Waals surface area contributed by atoms with Crippen molar-refractivity contribution < 1.29 is 0 Å². The van der Waals surface area contributed by atoms with Gasteiger partial charge in [-0.25, -0.2) is 9.97 Å². The third-order valence-electron chi connectivity index (χ3n) is 9.92. The van der Waals surface area contributed by atoms with Gasteiger partial charge in [-0.2, -0.15) is 0 Å². The lowest BCUT2D eigenvalue weighted by molar-refractivity contribution is 1.17. The van der Waals surface area contributed by atoms with Crippen LogP contribution in [0.5, 0.6) is 0 Å². The number of rotatable bonds is 6. The Hall–Kier alpha value is -6.58.